The van der Waals surface area contributed by atoms with Gasteiger partial charge in [-0.1, -0.05) is 12.1 Å². The Kier molecular flexibility index (Phi) is 6.15. The lowest BCUT2D eigenvalue weighted by atomic mass is 9.95. The summed E-state index contributed by atoms with van der Waals surface area (Å²) in [6, 6.07) is 6.16. The van der Waals surface area contributed by atoms with E-state index in [4.69, 9.17) is 15.5 Å². The summed E-state index contributed by atoms with van der Waals surface area (Å²) in [7, 11) is 0. The van der Waals surface area contributed by atoms with Crippen molar-refractivity contribution >= 4 is 45.1 Å². The first kappa shape index (κ1) is 26.3. The Bertz CT molecular complexity index is 1710. The van der Waals surface area contributed by atoms with E-state index in [1.165, 1.54) is 12.3 Å². The minimum Gasteiger partial charge on any atom is -0.461 e. The van der Waals surface area contributed by atoms with E-state index in [1.54, 1.807) is 18.2 Å². The van der Waals surface area contributed by atoms with Crippen LogP contribution in [0.5, 0.6) is 6.01 Å². The molecule has 42 heavy (non-hydrogen) atoms. The van der Waals surface area contributed by atoms with Gasteiger partial charge in [-0.25, -0.2) is 18.2 Å². The second-order valence-corrected chi connectivity index (χ2v) is 13.6. The molecule has 8 rings (SSSR count). The van der Waals surface area contributed by atoms with E-state index < -0.39 is 23.3 Å². The molecular weight excluding hydrogens is 563 g/mol. The highest BCUT2D eigenvalue weighted by atomic mass is 32.2. The molecule has 8 nitrogen and oxygen atoms in total. The second-order valence-electron chi connectivity index (χ2n) is 12.0. The van der Waals surface area contributed by atoms with Crippen LogP contribution in [0.25, 0.3) is 33.1 Å². The van der Waals surface area contributed by atoms with Crippen molar-refractivity contribution in [3.8, 4) is 17.4 Å². The van der Waals surface area contributed by atoms with Gasteiger partial charge in [-0.05, 0) is 49.7 Å². The third kappa shape index (κ3) is 4.24. The number of nitrogens with two attached hydrogens (primary N) is 1. The van der Waals surface area contributed by atoms with Crippen molar-refractivity contribution in [1.29, 1.82) is 0 Å². The number of rotatable bonds is 5. The number of ether oxygens (including phenoxy) is 1. The summed E-state index contributed by atoms with van der Waals surface area (Å²) in [6.07, 6.45) is 5.14. The Balaban J connectivity index is 1.26. The molecule has 0 aliphatic carbocycles. The van der Waals surface area contributed by atoms with Crippen molar-refractivity contribution in [2.45, 2.75) is 54.3 Å². The molecule has 2 unspecified atom stereocenters. The number of aromatic nitrogens is 4. The minimum atomic E-state index is -0.893. The number of benzene rings is 1. The molecule has 3 aromatic heterocycles. The molecule has 2 N–H and O–H groups in total. The van der Waals surface area contributed by atoms with E-state index in [-0.39, 0.29) is 40.7 Å². The molecule has 218 valence electrons. The van der Waals surface area contributed by atoms with Crippen molar-refractivity contribution in [3.05, 3.63) is 42.1 Å². The quantitative estimate of drug-likeness (QED) is 0.338. The number of nitrogen functional groups attached to an aromatic ring is 1. The highest BCUT2D eigenvalue weighted by molar-refractivity contribution is 8.00. The van der Waals surface area contributed by atoms with E-state index in [2.05, 4.69) is 24.8 Å². The molecule has 0 spiro atoms. The summed E-state index contributed by atoms with van der Waals surface area (Å²) in [5, 5.41) is 2.04. The minimum absolute atomic E-state index is 0.0120. The fourth-order valence-corrected chi connectivity index (χ4v) is 9.01. The highest BCUT2D eigenvalue weighted by Crippen LogP contribution is 2.43. The third-order valence-corrected chi connectivity index (χ3v) is 10.8. The molecular formula is C30H30F3N7OS. The Labute approximate surface area is 244 Å². The first-order valence-corrected chi connectivity index (χ1v) is 15.4. The largest absolute Gasteiger partial charge is 0.461 e. The van der Waals surface area contributed by atoms with Gasteiger partial charge in [0.15, 0.2) is 5.82 Å². The highest BCUT2D eigenvalue weighted by Gasteiger charge is 2.49. The third-order valence-electron chi connectivity index (χ3n) is 9.27. The van der Waals surface area contributed by atoms with E-state index in [1.807, 2.05) is 11.8 Å². The van der Waals surface area contributed by atoms with Crippen LogP contribution in [-0.4, -0.2) is 79.8 Å². The molecule has 0 radical (unpaired) electrons. The molecule has 0 amide bonds. The van der Waals surface area contributed by atoms with Crippen LogP contribution < -0.4 is 15.4 Å². The number of pyridine rings is 2. The van der Waals surface area contributed by atoms with Gasteiger partial charge in [0, 0.05) is 48.1 Å². The number of thioether (sulfide) groups is 1. The van der Waals surface area contributed by atoms with Crippen molar-refractivity contribution < 1.29 is 17.9 Å². The van der Waals surface area contributed by atoms with Crippen LogP contribution in [0.3, 0.4) is 0 Å². The topological polar surface area (TPSA) is 93.3 Å². The SMILES string of the molecule is Nc1cc2cccc(F)c2c(-c2ncc3c(N4CC5CCC(C4)S5)nc(OC[C@@]45CCCN4C[C@H](F)C5)nc3c2F)n1. The summed E-state index contributed by atoms with van der Waals surface area (Å²) < 4.78 is 52.2. The lowest BCUT2D eigenvalue weighted by Gasteiger charge is -2.33. The summed E-state index contributed by atoms with van der Waals surface area (Å²) in [4.78, 5) is 22.4. The van der Waals surface area contributed by atoms with Gasteiger partial charge in [-0.15, -0.1) is 0 Å². The van der Waals surface area contributed by atoms with Crippen LogP contribution in [0, 0.1) is 11.6 Å². The summed E-state index contributed by atoms with van der Waals surface area (Å²) in [6.45, 7) is 3.03. The fraction of sp³-hybridized carbons (Fsp3) is 0.467. The maximum Gasteiger partial charge on any atom is 0.319 e. The summed E-state index contributed by atoms with van der Waals surface area (Å²) in [5.74, 6) is -0.602. The molecule has 4 aromatic rings. The van der Waals surface area contributed by atoms with Gasteiger partial charge in [0.1, 0.15) is 47.1 Å². The zero-order valence-corrected chi connectivity index (χ0v) is 23.7. The van der Waals surface area contributed by atoms with Crippen LogP contribution in [0.4, 0.5) is 24.8 Å². The van der Waals surface area contributed by atoms with Gasteiger partial charge in [0.05, 0.1) is 10.9 Å². The number of nitrogens with zero attached hydrogens (tertiary/aromatic N) is 6. The van der Waals surface area contributed by atoms with Crippen LogP contribution in [0.1, 0.15) is 32.1 Å². The molecule has 4 aliphatic rings. The molecule has 1 aromatic carbocycles. The number of hydrogen-bond acceptors (Lipinski definition) is 9. The molecule has 4 fully saturated rings. The van der Waals surface area contributed by atoms with Crippen LogP contribution in [-0.2, 0) is 0 Å². The van der Waals surface area contributed by atoms with Gasteiger partial charge < -0.3 is 15.4 Å². The number of fused-ring (bicyclic) bond motifs is 5. The standard InChI is InChI=1S/C30H30F3N7OS/c31-17-10-30(7-2-8-40(30)12-17)15-41-29-37-25-20(28(38-29)39-13-18-5-6-19(14-39)42-18)11-35-27(24(25)33)26-23-16(9-22(34)36-26)3-1-4-21(23)32/h1,3-4,9,11,17-19H,2,5-8,10,12-15H2,(H2,34,36)/t17-,18?,19?,30+/m1/s1. The van der Waals surface area contributed by atoms with Gasteiger partial charge in [-0.2, -0.15) is 21.7 Å². The normalized spacial score (nSPS) is 27.3. The van der Waals surface area contributed by atoms with Gasteiger partial charge >= 0.3 is 6.01 Å². The van der Waals surface area contributed by atoms with Gasteiger partial charge in [0.25, 0.3) is 0 Å². The number of anilines is 2. The Morgan fingerprint density at radius 1 is 1.07 bits per heavy atom. The van der Waals surface area contributed by atoms with Gasteiger partial charge in [-0.3, -0.25) is 9.88 Å². The monoisotopic (exact) mass is 593 g/mol. The first-order valence-electron chi connectivity index (χ1n) is 14.5. The molecule has 4 aliphatic heterocycles. The Hall–Kier alpha value is -3.38. The molecule has 0 saturated carbocycles. The van der Waals surface area contributed by atoms with Crippen molar-refractivity contribution in [2.75, 3.05) is 43.4 Å². The number of alkyl halides is 1. The molecule has 4 atom stereocenters. The summed E-state index contributed by atoms with van der Waals surface area (Å²) >= 11 is 2.00. The predicted molar refractivity (Wildman–Crippen MR) is 158 cm³/mol. The van der Waals surface area contributed by atoms with Crippen LogP contribution in [0.2, 0.25) is 0 Å². The average Bonchev–Trinajstić information content (AvgIpc) is 3.61. The van der Waals surface area contributed by atoms with Crippen molar-refractivity contribution in [3.63, 3.8) is 0 Å². The van der Waals surface area contributed by atoms with Crippen LogP contribution >= 0.6 is 11.8 Å². The van der Waals surface area contributed by atoms with E-state index in [0.717, 1.165) is 45.3 Å². The van der Waals surface area contributed by atoms with E-state index >= 15 is 8.78 Å². The fourth-order valence-electron chi connectivity index (χ4n) is 7.39. The Morgan fingerprint density at radius 2 is 1.90 bits per heavy atom. The molecule has 4 saturated heterocycles. The van der Waals surface area contributed by atoms with E-state index in [0.29, 0.717) is 40.1 Å². The van der Waals surface area contributed by atoms with Crippen molar-refractivity contribution in [1.82, 2.24) is 24.8 Å². The molecule has 2 bridgehead atoms. The smallest absolute Gasteiger partial charge is 0.319 e. The molecule has 12 heteroatoms. The number of halogens is 3. The average molecular weight is 594 g/mol. The Morgan fingerprint density at radius 3 is 2.74 bits per heavy atom. The zero-order chi connectivity index (χ0) is 28.6. The summed E-state index contributed by atoms with van der Waals surface area (Å²) in [5.41, 5.74) is 5.52. The van der Waals surface area contributed by atoms with E-state index in [9.17, 15) is 4.39 Å². The maximum atomic E-state index is 16.6. The van der Waals surface area contributed by atoms with Crippen molar-refractivity contribution in [2.24, 2.45) is 0 Å². The van der Waals surface area contributed by atoms with Crippen LogP contribution in [0.15, 0.2) is 30.5 Å². The number of hydrogen-bond donors (Lipinski definition) is 1. The first-order chi connectivity index (χ1) is 20.4. The van der Waals surface area contributed by atoms with Gasteiger partial charge in [0.2, 0.25) is 0 Å². The lowest BCUT2D eigenvalue weighted by Crippen LogP contribution is -2.43. The second kappa shape index (κ2) is 9.84. The zero-order valence-electron chi connectivity index (χ0n) is 22.9. The lowest BCUT2D eigenvalue weighted by molar-refractivity contribution is 0.107. The predicted octanol–water partition coefficient (Wildman–Crippen LogP) is 5.14. The molecule has 7 heterocycles. The maximum absolute atomic E-state index is 16.6.